The van der Waals surface area contributed by atoms with Gasteiger partial charge in [-0.1, -0.05) is 19.9 Å². The van der Waals surface area contributed by atoms with Gasteiger partial charge >= 0.3 is 5.69 Å². The molecule has 5 heteroatoms. The highest BCUT2D eigenvalue weighted by Gasteiger charge is 2.44. The van der Waals surface area contributed by atoms with E-state index in [1.165, 1.54) is 4.57 Å². The summed E-state index contributed by atoms with van der Waals surface area (Å²) in [5, 5.41) is 0. The van der Waals surface area contributed by atoms with Crippen LogP contribution in [0.3, 0.4) is 0 Å². The lowest BCUT2D eigenvalue weighted by molar-refractivity contribution is -0.0849. The van der Waals surface area contributed by atoms with Crippen molar-refractivity contribution >= 4 is 5.82 Å². The highest BCUT2D eigenvalue weighted by molar-refractivity contribution is 5.23. The van der Waals surface area contributed by atoms with E-state index in [4.69, 9.17) is 10.5 Å². The Morgan fingerprint density at radius 1 is 1.74 bits per heavy atom. The smallest absolute Gasteiger partial charge is 0.351 e. The van der Waals surface area contributed by atoms with Crippen LogP contribution in [0.25, 0.3) is 0 Å². The van der Waals surface area contributed by atoms with Crippen LogP contribution < -0.4 is 11.4 Å². The van der Waals surface area contributed by atoms with Crippen LogP contribution in [-0.2, 0) is 4.74 Å². The summed E-state index contributed by atoms with van der Waals surface area (Å²) in [6, 6.07) is 1.62. The molecule has 0 saturated carbocycles. The molecule has 1 aromatic heterocycles. The third-order valence-electron chi connectivity index (χ3n) is 4.07. The molecule has 19 heavy (non-hydrogen) atoms. The van der Waals surface area contributed by atoms with Gasteiger partial charge in [-0.2, -0.15) is 4.98 Å². The Morgan fingerprint density at radius 2 is 2.47 bits per heavy atom. The number of ether oxygens (including phenoxy) is 1. The van der Waals surface area contributed by atoms with Crippen molar-refractivity contribution in [2.75, 3.05) is 5.73 Å². The normalized spacial score (nSPS) is 30.4. The molecule has 2 N–H and O–H groups in total. The maximum Gasteiger partial charge on any atom is 0.351 e. The van der Waals surface area contributed by atoms with Crippen LogP contribution in [0.1, 0.15) is 39.3 Å². The Balaban J connectivity index is 2.29. The summed E-state index contributed by atoms with van der Waals surface area (Å²) < 4.78 is 7.69. The van der Waals surface area contributed by atoms with Crippen molar-refractivity contribution in [3.05, 3.63) is 35.4 Å². The molecule has 1 unspecified atom stereocenters. The quantitative estimate of drug-likeness (QED) is 0.845. The van der Waals surface area contributed by atoms with E-state index < -0.39 is 0 Å². The summed E-state index contributed by atoms with van der Waals surface area (Å²) in [5.41, 5.74) is 4.91. The van der Waals surface area contributed by atoms with E-state index in [1.54, 1.807) is 12.3 Å². The molecule has 1 aliphatic heterocycles. The molecule has 1 fully saturated rings. The maximum absolute atomic E-state index is 11.9. The summed E-state index contributed by atoms with van der Waals surface area (Å²) in [5.74, 6) is 0.602. The number of nitrogens with two attached hydrogens (primary N) is 1. The zero-order valence-corrected chi connectivity index (χ0v) is 11.5. The number of nitrogen functional groups attached to an aromatic ring is 1. The van der Waals surface area contributed by atoms with Gasteiger partial charge < -0.3 is 10.5 Å². The van der Waals surface area contributed by atoms with Gasteiger partial charge in [-0.05, 0) is 31.2 Å². The Kier molecular flexibility index (Phi) is 3.75. The van der Waals surface area contributed by atoms with Gasteiger partial charge in [0.2, 0.25) is 0 Å². The molecular formula is C14H21N3O2. The molecule has 1 aromatic rings. The first kappa shape index (κ1) is 13.8. The average Bonchev–Trinajstić information content (AvgIpc) is 2.67. The largest absolute Gasteiger partial charge is 0.383 e. The minimum absolute atomic E-state index is 0.229. The van der Waals surface area contributed by atoms with Crippen molar-refractivity contribution in [2.24, 2.45) is 5.92 Å². The van der Waals surface area contributed by atoms with Crippen LogP contribution in [-0.4, -0.2) is 15.2 Å². The highest BCUT2D eigenvalue weighted by atomic mass is 16.5. The third-order valence-corrected chi connectivity index (χ3v) is 4.07. The lowest BCUT2D eigenvalue weighted by Crippen LogP contribution is -2.34. The molecule has 1 aliphatic rings. The Hall–Kier alpha value is -1.62. The molecule has 2 rings (SSSR count). The predicted octanol–water partition coefficient (Wildman–Crippen LogP) is 2.11. The van der Waals surface area contributed by atoms with Gasteiger partial charge in [-0.15, -0.1) is 6.58 Å². The van der Waals surface area contributed by atoms with Gasteiger partial charge in [0.05, 0.1) is 5.60 Å². The van der Waals surface area contributed by atoms with E-state index in [9.17, 15) is 4.79 Å². The average molecular weight is 263 g/mol. The summed E-state index contributed by atoms with van der Waals surface area (Å²) in [6.45, 7) is 8.06. The van der Waals surface area contributed by atoms with Crippen molar-refractivity contribution < 1.29 is 4.74 Å². The fourth-order valence-electron chi connectivity index (χ4n) is 2.84. The predicted molar refractivity (Wildman–Crippen MR) is 74.6 cm³/mol. The molecule has 0 amide bonds. The van der Waals surface area contributed by atoms with E-state index in [1.807, 2.05) is 6.08 Å². The molecule has 0 aliphatic carbocycles. The van der Waals surface area contributed by atoms with Crippen molar-refractivity contribution in [1.29, 1.82) is 0 Å². The number of hydrogen-bond acceptors (Lipinski definition) is 4. The van der Waals surface area contributed by atoms with Gasteiger partial charge in [0.25, 0.3) is 0 Å². The molecule has 0 radical (unpaired) electrons. The van der Waals surface area contributed by atoms with Crippen LogP contribution in [0.5, 0.6) is 0 Å². The second kappa shape index (κ2) is 5.17. The van der Waals surface area contributed by atoms with Crippen LogP contribution in [0.15, 0.2) is 29.7 Å². The van der Waals surface area contributed by atoms with Gasteiger partial charge in [0.15, 0.2) is 0 Å². The number of rotatable bonds is 4. The van der Waals surface area contributed by atoms with E-state index in [2.05, 4.69) is 25.4 Å². The lowest BCUT2D eigenvalue weighted by atomic mass is 9.83. The van der Waals surface area contributed by atoms with E-state index >= 15 is 0 Å². The second-order valence-corrected chi connectivity index (χ2v) is 5.16. The summed E-state index contributed by atoms with van der Waals surface area (Å²) in [6.07, 6.45) is 5.75. The fraction of sp³-hybridized carbons (Fsp3) is 0.571. The van der Waals surface area contributed by atoms with Crippen molar-refractivity contribution in [2.45, 2.75) is 44.9 Å². The molecule has 2 heterocycles. The topological polar surface area (TPSA) is 70.1 Å². The zero-order valence-electron chi connectivity index (χ0n) is 11.5. The SMILES string of the molecule is C=CCC1(CC)O[C@@H](n2ccc(N)nc2=O)C[C@@H]1C. The Morgan fingerprint density at radius 3 is 3.05 bits per heavy atom. The first-order chi connectivity index (χ1) is 9.02. The monoisotopic (exact) mass is 263 g/mol. The first-order valence-corrected chi connectivity index (χ1v) is 6.66. The molecule has 0 aromatic carbocycles. The molecule has 1 saturated heterocycles. The Bertz CT molecular complexity index is 526. The number of nitrogens with zero attached hydrogens (tertiary/aromatic N) is 2. The maximum atomic E-state index is 11.9. The van der Waals surface area contributed by atoms with Gasteiger partial charge in [-0.25, -0.2) is 4.79 Å². The van der Waals surface area contributed by atoms with E-state index in [0.717, 1.165) is 19.3 Å². The highest BCUT2D eigenvalue weighted by Crippen LogP contribution is 2.44. The van der Waals surface area contributed by atoms with Gasteiger partial charge in [0.1, 0.15) is 12.0 Å². The minimum Gasteiger partial charge on any atom is -0.383 e. The van der Waals surface area contributed by atoms with Crippen LogP contribution >= 0.6 is 0 Å². The minimum atomic E-state index is -0.359. The molecule has 0 spiro atoms. The zero-order chi connectivity index (χ0) is 14.0. The lowest BCUT2D eigenvalue weighted by Gasteiger charge is -2.31. The van der Waals surface area contributed by atoms with E-state index in [-0.39, 0.29) is 23.3 Å². The second-order valence-electron chi connectivity index (χ2n) is 5.16. The fourth-order valence-corrected chi connectivity index (χ4v) is 2.84. The van der Waals surface area contributed by atoms with Crippen molar-refractivity contribution in [3.63, 3.8) is 0 Å². The molecule has 5 nitrogen and oxygen atoms in total. The first-order valence-electron chi connectivity index (χ1n) is 6.66. The number of aromatic nitrogens is 2. The molecular weight excluding hydrogens is 242 g/mol. The van der Waals surface area contributed by atoms with Gasteiger partial charge in [0, 0.05) is 6.20 Å². The van der Waals surface area contributed by atoms with Crippen molar-refractivity contribution in [1.82, 2.24) is 9.55 Å². The van der Waals surface area contributed by atoms with Gasteiger partial charge in [-0.3, -0.25) is 4.57 Å². The Labute approximate surface area is 113 Å². The summed E-state index contributed by atoms with van der Waals surface area (Å²) in [4.78, 5) is 15.6. The number of hydrogen-bond donors (Lipinski definition) is 1. The third kappa shape index (κ3) is 2.42. The molecule has 3 atom stereocenters. The van der Waals surface area contributed by atoms with E-state index in [0.29, 0.717) is 5.92 Å². The standard InChI is InChI=1S/C14H21N3O2/c1-4-7-14(5-2)10(3)9-12(19-14)17-8-6-11(15)16-13(17)18/h4,6,8,10,12H,1,5,7,9H2,2-3H3,(H2,15,16,18)/t10-,12+,14?/m0/s1. The van der Waals surface area contributed by atoms with Crippen molar-refractivity contribution in [3.8, 4) is 0 Å². The van der Waals surface area contributed by atoms with Crippen LogP contribution in [0, 0.1) is 5.92 Å². The summed E-state index contributed by atoms with van der Waals surface area (Å²) in [7, 11) is 0. The van der Waals surface area contributed by atoms with Crippen LogP contribution in [0.4, 0.5) is 5.82 Å². The molecule has 104 valence electrons. The number of anilines is 1. The van der Waals surface area contributed by atoms with Crippen LogP contribution in [0.2, 0.25) is 0 Å². The molecule has 0 bridgehead atoms. The summed E-state index contributed by atoms with van der Waals surface area (Å²) >= 11 is 0.